The maximum absolute atomic E-state index is 13.8. The van der Waals surface area contributed by atoms with E-state index >= 15 is 0 Å². The summed E-state index contributed by atoms with van der Waals surface area (Å²) >= 11 is 0. The van der Waals surface area contributed by atoms with Crippen LogP contribution in [-0.2, 0) is 4.79 Å². The fraction of sp³-hybridized carbons (Fsp3) is 0.333. The molecule has 114 valence electrons. The Morgan fingerprint density at radius 2 is 1.90 bits per heavy atom. The first-order valence-corrected chi connectivity index (χ1v) is 5.80. The number of hydrogen-bond acceptors (Lipinski definition) is 4. The summed E-state index contributed by atoms with van der Waals surface area (Å²) in [6.45, 7) is 1.35. The van der Waals surface area contributed by atoms with E-state index in [0.29, 0.717) is 12.1 Å². The molecule has 0 aromatic heterocycles. The fourth-order valence-corrected chi connectivity index (χ4v) is 1.60. The molecule has 21 heavy (non-hydrogen) atoms. The molecule has 1 N–H and O–H groups in total. The second-order valence-electron chi connectivity index (χ2n) is 4.47. The normalized spacial score (nSPS) is 11.7. The number of halogens is 2. The van der Waals surface area contributed by atoms with Crippen LogP contribution in [0.5, 0.6) is 0 Å². The Morgan fingerprint density at radius 3 is 2.38 bits per heavy atom. The van der Waals surface area contributed by atoms with E-state index in [9.17, 15) is 28.5 Å². The molecule has 0 aliphatic heterocycles. The fourth-order valence-electron chi connectivity index (χ4n) is 1.60. The largest absolute Gasteiger partial charge is 0.347 e. The van der Waals surface area contributed by atoms with Crippen molar-refractivity contribution in [3.8, 4) is 0 Å². The van der Waals surface area contributed by atoms with Crippen molar-refractivity contribution in [2.45, 2.75) is 13.0 Å². The molecule has 0 radical (unpaired) electrons. The zero-order chi connectivity index (χ0) is 16.3. The first-order valence-electron chi connectivity index (χ1n) is 5.80. The molecule has 0 aliphatic rings. The van der Waals surface area contributed by atoms with Gasteiger partial charge in [0.25, 0.3) is 5.91 Å². The van der Waals surface area contributed by atoms with E-state index in [-0.39, 0.29) is 0 Å². The van der Waals surface area contributed by atoms with Gasteiger partial charge in [-0.05, 0) is 13.0 Å². The van der Waals surface area contributed by atoms with Crippen LogP contribution < -0.4 is 5.32 Å². The Hall–Kier alpha value is -2.58. The molecule has 0 heterocycles. The summed E-state index contributed by atoms with van der Waals surface area (Å²) in [5.41, 5.74) is -1.98. The Kier molecular flexibility index (Phi) is 4.90. The number of hydrogen-bond donors (Lipinski definition) is 1. The van der Waals surface area contributed by atoms with Crippen LogP contribution >= 0.6 is 0 Å². The van der Waals surface area contributed by atoms with Crippen LogP contribution in [0.4, 0.5) is 14.5 Å². The van der Waals surface area contributed by atoms with Crippen LogP contribution in [0, 0.1) is 21.7 Å². The predicted octanol–water partition coefficient (Wildman–Crippen LogP) is 1.08. The van der Waals surface area contributed by atoms with Crippen LogP contribution in [0.25, 0.3) is 0 Å². The lowest BCUT2D eigenvalue weighted by Gasteiger charge is -2.18. The topological polar surface area (TPSA) is 92.5 Å². The Bertz CT molecular complexity index is 604. The number of nitrogens with zero attached hydrogens (tertiary/aromatic N) is 2. The summed E-state index contributed by atoms with van der Waals surface area (Å²) in [4.78, 5) is 34.0. The highest BCUT2D eigenvalue weighted by atomic mass is 19.1. The van der Waals surface area contributed by atoms with E-state index in [1.54, 1.807) is 0 Å². The van der Waals surface area contributed by atoms with E-state index in [2.05, 4.69) is 5.32 Å². The molecule has 1 atom stereocenters. The Morgan fingerprint density at radius 1 is 1.33 bits per heavy atom. The van der Waals surface area contributed by atoms with Gasteiger partial charge >= 0.3 is 5.69 Å². The molecule has 0 saturated carbocycles. The van der Waals surface area contributed by atoms with Crippen molar-refractivity contribution in [3.63, 3.8) is 0 Å². The number of benzene rings is 1. The molecular weight excluding hydrogens is 288 g/mol. The van der Waals surface area contributed by atoms with Gasteiger partial charge in [-0.2, -0.15) is 4.39 Å². The maximum atomic E-state index is 13.8. The van der Waals surface area contributed by atoms with Crippen LogP contribution in [0.2, 0.25) is 0 Å². The minimum Gasteiger partial charge on any atom is -0.347 e. The molecular formula is C12H13F2N3O4. The number of carbonyl (C=O) groups excluding carboxylic acids is 2. The third kappa shape index (κ3) is 3.71. The van der Waals surface area contributed by atoms with Crippen molar-refractivity contribution in [3.05, 3.63) is 39.4 Å². The lowest BCUT2D eigenvalue weighted by molar-refractivity contribution is -0.387. The van der Waals surface area contributed by atoms with E-state index in [1.807, 2.05) is 0 Å². The predicted molar refractivity (Wildman–Crippen MR) is 68.6 cm³/mol. The average Bonchev–Trinajstić information content (AvgIpc) is 2.39. The van der Waals surface area contributed by atoms with Gasteiger partial charge < -0.3 is 10.2 Å². The quantitative estimate of drug-likeness (QED) is 0.665. The SMILES string of the molecule is CC(NC(=O)c1cc(F)cc([N+](=O)[O-])c1F)C(=O)N(C)C. The molecule has 0 saturated heterocycles. The van der Waals surface area contributed by atoms with Crippen LogP contribution in [-0.4, -0.2) is 41.8 Å². The molecule has 1 rings (SSSR count). The van der Waals surface area contributed by atoms with Gasteiger partial charge in [-0.25, -0.2) is 4.39 Å². The van der Waals surface area contributed by atoms with Crippen molar-refractivity contribution in [1.82, 2.24) is 10.2 Å². The Balaban J connectivity index is 3.09. The van der Waals surface area contributed by atoms with Crippen molar-refractivity contribution >= 4 is 17.5 Å². The van der Waals surface area contributed by atoms with Gasteiger partial charge in [0.1, 0.15) is 11.9 Å². The third-order valence-electron chi connectivity index (χ3n) is 2.62. The lowest BCUT2D eigenvalue weighted by Crippen LogP contribution is -2.44. The first kappa shape index (κ1) is 16.5. The van der Waals surface area contributed by atoms with E-state index < -0.39 is 45.7 Å². The van der Waals surface area contributed by atoms with Crippen molar-refractivity contribution in [2.24, 2.45) is 0 Å². The van der Waals surface area contributed by atoms with Gasteiger partial charge in [0.2, 0.25) is 11.7 Å². The molecule has 0 bridgehead atoms. The molecule has 0 fully saturated rings. The zero-order valence-corrected chi connectivity index (χ0v) is 11.5. The molecule has 7 nitrogen and oxygen atoms in total. The highest BCUT2D eigenvalue weighted by molar-refractivity contribution is 5.98. The molecule has 1 aromatic carbocycles. The summed E-state index contributed by atoms with van der Waals surface area (Å²) in [6.07, 6.45) is 0. The minimum atomic E-state index is -1.46. The summed E-state index contributed by atoms with van der Waals surface area (Å²) in [7, 11) is 2.91. The smallest absolute Gasteiger partial charge is 0.308 e. The average molecular weight is 301 g/mol. The number of rotatable bonds is 4. The van der Waals surface area contributed by atoms with Gasteiger partial charge in [-0.15, -0.1) is 0 Å². The minimum absolute atomic E-state index is 0.376. The van der Waals surface area contributed by atoms with Gasteiger partial charge in [0.15, 0.2) is 0 Å². The van der Waals surface area contributed by atoms with Crippen molar-refractivity contribution < 1.29 is 23.3 Å². The molecule has 1 aromatic rings. The van der Waals surface area contributed by atoms with Gasteiger partial charge in [0, 0.05) is 14.1 Å². The number of likely N-dealkylation sites (N-methyl/N-ethyl adjacent to an activating group) is 1. The number of nitro groups is 1. The summed E-state index contributed by atoms with van der Waals surface area (Å²) in [6, 6.07) is -0.0837. The summed E-state index contributed by atoms with van der Waals surface area (Å²) in [5, 5.41) is 12.7. The Labute approximate surface area is 118 Å². The number of amides is 2. The van der Waals surface area contributed by atoms with Crippen LogP contribution in [0.1, 0.15) is 17.3 Å². The van der Waals surface area contributed by atoms with Crippen LogP contribution in [0.3, 0.4) is 0 Å². The first-order chi connectivity index (χ1) is 9.65. The van der Waals surface area contributed by atoms with E-state index in [1.165, 1.54) is 25.9 Å². The third-order valence-corrected chi connectivity index (χ3v) is 2.62. The highest BCUT2D eigenvalue weighted by Gasteiger charge is 2.26. The maximum Gasteiger partial charge on any atom is 0.308 e. The molecule has 2 amide bonds. The van der Waals surface area contributed by atoms with Gasteiger partial charge in [0.05, 0.1) is 16.6 Å². The molecule has 0 aliphatic carbocycles. The van der Waals surface area contributed by atoms with Crippen molar-refractivity contribution in [2.75, 3.05) is 14.1 Å². The van der Waals surface area contributed by atoms with E-state index in [0.717, 1.165) is 0 Å². The number of carbonyl (C=O) groups is 2. The summed E-state index contributed by atoms with van der Waals surface area (Å²) < 4.78 is 27.0. The second-order valence-corrected chi connectivity index (χ2v) is 4.47. The zero-order valence-electron chi connectivity index (χ0n) is 11.5. The van der Waals surface area contributed by atoms with Crippen molar-refractivity contribution in [1.29, 1.82) is 0 Å². The number of nitro benzene ring substituents is 1. The number of nitrogens with one attached hydrogen (secondary N) is 1. The van der Waals surface area contributed by atoms with Crippen LogP contribution in [0.15, 0.2) is 12.1 Å². The summed E-state index contributed by atoms with van der Waals surface area (Å²) in [5.74, 6) is -4.16. The highest BCUT2D eigenvalue weighted by Crippen LogP contribution is 2.22. The van der Waals surface area contributed by atoms with E-state index in [4.69, 9.17) is 0 Å². The van der Waals surface area contributed by atoms with Gasteiger partial charge in [-0.1, -0.05) is 0 Å². The van der Waals surface area contributed by atoms with Gasteiger partial charge in [-0.3, -0.25) is 19.7 Å². The molecule has 9 heteroatoms. The molecule has 0 spiro atoms. The standard InChI is InChI=1S/C12H13F2N3O4/c1-6(12(19)16(2)3)15-11(18)8-4-7(13)5-9(10(8)14)17(20)21/h4-6H,1-3H3,(H,15,18). The monoisotopic (exact) mass is 301 g/mol. The molecule has 1 unspecified atom stereocenters. The lowest BCUT2D eigenvalue weighted by atomic mass is 10.1. The second kappa shape index (κ2) is 6.25.